The standard InChI is InChI=1S/C9H12N2O3/c10-7-3-1-6(2-4-7)8(12)5-14-9(11)13/h1-4,8,12H,5,10H2,(H2,11,13)/t8-/m0/s1. The zero-order valence-electron chi connectivity index (χ0n) is 7.51. The molecule has 0 aromatic heterocycles. The van der Waals surface area contributed by atoms with Crippen LogP contribution in [0.5, 0.6) is 0 Å². The van der Waals surface area contributed by atoms with Crippen molar-refractivity contribution >= 4 is 11.8 Å². The van der Waals surface area contributed by atoms with E-state index < -0.39 is 12.2 Å². The minimum atomic E-state index is -0.903. The molecular formula is C9H12N2O3. The smallest absolute Gasteiger partial charge is 0.404 e. The summed E-state index contributed by atoms with van der Waals surface area (Å²) in [5, 5.41) is 9.49. The molecule has 1 amide bonds. The van der Waals surface area contributed by atoms with Gasteiger partial charge in [0.2, 0.25) is 0 Å². The molecule has 0 bridgehead atoms. The van der Waals surface area contributed by atoms with Gasteiger partial charge in [0, 0.05) is 5.69 Å². The number of anilines is 1. The van der Waals surface area contributed by atoms with Crippen molar-refractivity contribution < 1.29 is 14.6 Å². The van der Waals surface area contributed by atoms with E-state index in [1.807, 2.05) is 0 Å². The van der Waals surface area contributed by atoms with E-state index in [2.05, 4.69) is 4.74 Å². The average molecular weight is 196 g/mol. The summed E-state index contributed by atoms with van der Waals surface area (Å²) < 4.78 is 4.45. The Morgan fingerprint density at radius 1 is 1.43 bits per heavy atom. The monoisotopic (exact) mass is 196 g/mol. The number of amides is 1. The maximum absolute atomic E-state index is 10.3. The van der Waals surface area contributed by atoms with Crippen molar-refractivity contribution in [2.45, 2.75) is 6.10 Å². The molecule has 0 radical (unpaired) electrons. The van der Waals surface area contributed by atoms with Gasteiger partial charge >= 0.3 is 6.09 Å². The normalized spacial score (nSPS) is 12.1. The van der Waals surface area contributed by atoms with Gasteiger partial charge in [-0.05, 0) is 17.7 Å². The Morgan fingerprint density at radius 3 is 2.50 bits per heavy atom. The van der Waals surface area contributed by atoms with E-state index in [0.717, 1.165) is 0 Å². The Balaban J connectivity index is 2.56. The first-order chi connectivity index (χ1) is 6.59. The van der Waals surface area contributed by atoms with E-state index in [9.17, 15) is 9.90 Å². The number of hydrogen-bond donors (Lipinski definition) is 3. The summed E-state index contributed by atoms with van der Waals surface area (Å²) in [6.07, 6.45) is -1.78. The number of hydrogen-bond acceptors (Lipinski definition) is 4. The maximum Gasteiger partial charge on any atom is 0.404 e. The van der Waals surface area contributed by atoms with Gasteiger partial charge in [0.25, 0.3) is 0 Å². The van der Waals surface area contributed by atoms with Gasteiger partial charge in [-0.3, -0.25) is 0 Å². The number of aliphatic hydroxyl groups is 1. The molecule has 1 aromatic rings. The summed E-state index contributed by atoms with van der Waals surface area (Å²) in [6.45, 7) is -0.154. The van der Waals surface area contributed by atoms with Gasteiger partial charge in [-0.25, -0.2) is 4.79 Å². The quantitative estimate of drug-likeness (QED) is 0.609. The number of ether oxygens (including phenoxy) is 1. The number of nitrogens with two attached hydrogens (primary N) is 2. The number of primary amides is 1. The van der Waals surface area contributed by atoms with Crippen molar-refractivity contribution in [3.8, 4) is 0 Å². The molecule has 0 aliphatic heterocycles. The Morgan fingerprint density at radius 2 is 2.00 bits per heavy atom. The van der Waals surface area contributed by atoms with E-state index in [4.69, 9.17) is 11.5 Å². The minimum Gasteiger partial charge on any atom is -0.447 e. The number of carbonyl (C=O) groups is 1. The van der Waals surface area contributed by atoms with Gasteiger partial charge in [0.05, 0.1) is 0 Å². The van der Waals surface area contributed by atoms with E-state index in [-0.39, 0.29) is 6.61 Å². The molecule has 0 aliphatic carbocycles. The van der Waals surface area contributed by atoms with Crippen LogP contribution in [0.1, 0.15) is 11.7 Å². The highest BCUT2D eigenvalue weighted by Gasteiger charge is 2.08. The summed E-state index contributed by atoms with van der Waals surface area (Å²) >= 11 is 0. The zero-order valence-corrected chi connectivity index (χ0v) is 7.51. The maximum atomic E-state index is 10.3. The summed E-state index contributed by atoms with van der Waals surface area (Å²) in [7, 11) is 0. The van der Waals surface area contributed by atoms with Crippen molar-refractivity contribution in [3.05, 3.63) is 29.8 Å². The summed E-state index contributed by atoms with van der Waals surface area (Å²) in [5.41, 5.74) is 11.4. The predicted octanol–water partition coefficient (Wildman–Crippen LogP) is 0.397. The first-order valence-electron chi connectivity index (χ1n) is 4.05. The number of rotatable bonds is 3. The lowest BCUT2D eigenvalue weighted by Gasteiger charge is -2.10. The molecule has 0 aliphatic rings. The molecule has 1 rings (SSSR count). The molecule has 76 valence electrons. The van der Waals surface area contributed by atoms with E-state index >= 15 is 0 Å². The topological polar surface area (TPSA) is 98.6 Å². The highest BCUT2D eigenvalue weighted by Crippen LogP contribution is 2.14. The van der Waals surface area contributed by atoms with Crippen LogP contribution in [0.2, 0.25) is 0 Å². The number of carbonyl (C=O) groups excluding carboxylic acids is 1. The molecule has 14 heavy (non-hydrogen) atoms. The van der Waals surface area contributed by atoms with Crippen molar-refractivity contribution in [2.75, 3.05) is 12.3 Å². The molecule has 5 heteroatoms. The number of benzene rings is 1. The van der Waals surface area contributed by atoms with Crippen LogP contribution in [-0.4, -0.2) is 17.8 Å². The van der Waals surface area contributed by atoms with E-state index in [0.29, 0.717) is 11.3 Å². The third-order valence-electron chi connectivity index (χ3n) is 1.70. The van der Waals surface area contributed by atoms with Crippen molar-refractivity contribution in [3.63, 3.8) is 0 Å². The zero-order chi connectivity index (χ0) is 10.6. The fourth-order valence-electron chi connectivity index (χ4n) is 0.975. The lowest BCUT2D eigenvalue weighted by atomic mass is 10.1. The molecule has 5 nitrogen and oxygen atoms in total. The van der Waals surface area contributed by atoms with Gasteiger partial charge in [0.15, 0.2) is 0 Å². The van der Waals surface area contributed by atoms with Crippen LogP contribution in [0.15, 0.2) is 24.3 Å². The lowest BCUT2D eigenvalue weighted by Crippen LogP contribution is -2.17. The molecule has 0 saturated carbocycles. The fraction of sp³-hybridized carbons (Fsp3) is 0.222. The van der Waals surface area contributed by atoms with Crippen molar-refractivity contribution in [1.29, 1.82) is 0 Å². The first kappa shape index (κ1) is 10.3. The summed E-state index contributed by atoms with van der Waals surface area (Å²) in [4.78, 5) is 10.3. The van der Waals surface area contributed by atoms with Crippen LogP contribution in [-0.2, 0) is 4.74 Å². The van der Waals surface area contributed by atoms with Gasteiger partial charge < -0.3 is 21.3 Å². The average Bonchev–Trinajstić information content (AvgIpc) is 2.15. The lowest BCUT2D eigenvalue weighted by molar-refractivity contribution is 0.0729. The molecule has 0 spiro atoms. The van der Waals surface area contributed by atoms with Gasteiger partial charge in [-0.2, -0.15) is 0 Å². The SMILES string of the molecule is NC(=O)OC[C@H](O)c1ccc(N)cc1. The van der Waals surface area contributed by atoms with Crippen LogP contribution in [0, 0.1) is 0 Å². The van der Waals surface area contributed by atoms with Crippen LogP contribution in [0.4, 0.5) is 10.5 Å². The number of aliphatic hydroxyl groups excluding tert-OH is 1. The molecule has 0 unspecified atom stereocenters. The Bertz CT molecular complexity index is 310. The van der Waals surface area contributed by atoms with E-state index in [1.54, 1.807) is 24.3 Å². The van der Waals surface area contributed by atoms with E-state index in [1.165, 1.54) is 0 Å². The second kappa shape index (κ2) is 4.48. The third-order valence-corrected chi connectivity index (χ3v) is 1.70. The third kappa shape index (κ3) is 2.95. The Labute approximate surface area is 81.3 Å². The minimum absolute atomic E-state index is 0.154. The van der Waals surface area contributed by atoms with Gasteiger partial charge in [-0.1, -0.05) is 12.1 Å². The predicted molar refractivity (Wildman–Crippen MR) is 51.3 cm³/mol. The van der Waals surface area contributed by atoms with Crippen LogP contribution in [0.3, 0.4) is 0 Å². The fourth-order valence-corrected chi connectivity index (χ4v) is 0.975. The van der Waals surface area contributed by atoms with Gasteiger partial charge in [-0.15, -0.1) is 0 Å². The highest BCUT2D eigenvalue weighted by molar-refractivity contribution is 5.64. The highest BCUT2D eigenvalue weighted by atomic mass is 16.6. The van der Waals surface area contributed by atoms with Crippen molar-refractivity contribution in [1.82, 2.24) is 0 Å². The molecule has 1 aromatic carbocycles. The first-order valence-corrected chi connectivity index (χ1v) is 4.05. The molecule has 5 N–H and O–H groups in total. The second-order valence-corrected chi connectivity index (χ2v) is 2.81. The molecular weight excluding hydrogens is 184 g/mol. The van der Waals surface area contributed by atoms with Crippen LogP contribution >= 0.6 is 0 Å². The Kier molecular flexibility index (Phi) is 3.30. The van der Waals surface area contributed by atoms with Crippen LogP contribution < -0.4 is 11.5 Å². The largest absolute Gasteiger partial charge is 0.447 e. The summed E-state index contributed by atoms with van der Waals surface area (Å²) in [5.74, 6) is 0. The molecule has 0 fully saturated rings. The van der Waals surface area contributed by atoms with Crippen LogP contribution in [0.25, 0.3) is 0 Å². The molecule has 0 heterocycles. The van der Waals surface area contributed by atoms with Crippen molar-refractivity contribution in [2.24, 2.45) is 5.73 Å². The molecule has 1 atom stereocenters. The summed E-state index contributed by atoms with van der Waals surface area (Å²) in [6, 6.07) is 6.63. The molecule has 0 saturated heterocycles. The second-order valence-electron chi connectivity index (χ2n) is 2.81. The van der Waals surface area contributed by atoms with Gasteiger partial charge in [0.1, 0.15) is 12.7 Å². The Hall–Kier alpha value is -1.75. The number of nitrogen functional groups attached to an aromatic ring is 1.